The minimum absolute atomic E-state index is 0.812. The van der Waals surface area contributed by atoms with Crippen molar-refractivity contribution in [3.05, 3.63) is 0 Å². The van der Waals surface area contributed by atoms with Crippen LogP contribution in [-0.4, -0.2) is 24.8 Å². The van der Waals surface area contributed by atoms with Crippen LogP contribution in [0.15, 0.2) is 5.10 Å². The van der Waals surface area contributed by atoms with Crippen LogP contribution in [0.1, 0.15) is 19.8 Å². The van der Waals surface area contributed by atoms with E-state index in [1.165, 1.54) is 18.6 Å². The molecule has 1 rings (SSSR count). The highest BCUT2D eigenvalue weighted by Crippen LogP contribution is 2.30. The molecule has 0 aromatic carbocycles. The van der Waals surface area contributed by atoms with Gasteiger partial charge in [0, 0.05) is 19.8 Å². The van der Waals surface area contributed by atoms with E-state index in [4.69, 9.17) is 0 Å². The zero-order valence-corrected chi connectivity index (χ0v) is 6.39. The minimum Gasteiger partial charge on any atom is -0.303 e. The Balaban J connectivity index is 2.37. The highest BCUT2D eigenvalue weighted by Gasteiger charge is 2.24. The minimum atomic E-state index is 0.812. The summed E-state index contributed by atoms with van der Waals surface area (Å²) in [6, 6.07) is 0. The van der Waals surface area contributed by atoms with E-state index in [-0.39, 0.29) is 0 Å². The Morgan fingerprint density at radius 2 is 2.00 bits per heavy atom. The first kappa shape index (κ1) is 6.59. The Bertz CT molecular complexity index is 123. The predicted octanol–water partition coefficient (Wildman–Crippen LogP) is 1.33. The van der Waals surface area contributed by atoms with E-state index in [0.717, 1.165) is 5.92 Å². The fourth-order valence-electron chi connectivity index (χ4n) is 0.898. The summed E-state index contributed by atoms with van der Waals surface area (Å²) in [7, 11) is 3.93. The highest BCUT2D eigenvalue weighted by atomic mass is 15.4. The fourth-order valence-corrected chi connectivity index (χ4v) is 0.898. The van der Waals surface area contributed by atoms with Crippen LogP contribution in [-0.2, 0) is 0 Å². The van der Waals surface area contributed by atoms with Crippen molar-refractivity contribution >= 4 is 5.71 Å². The van der Waals surface area contributed by atoms with Crippen LogP contribution >= 0.6 is 0 Å². The normalized spacial score (nSPS) is 20.1. The molecule has 0 aliphatic heterocycles. The van der Waals surface area contributed by atoms with Crippen molar-refractivity contribution in [3.63, 3.8) is 0 Å². The molecule has 2 heteroatoms. The van der Waals surface area contributed by atoms with Crippen LogP contribution in [0.2, 0.25) is 0 Å². The van der Waals surface area contributed by atoms with Gasteiger partial charge in [0.15, 0.2) is 0 Å². The van der Waals surface area contributed by atoms with Gasteiger partial charge in [-0.05, 0) is 25.7 Å². The zero-order chi connectivity index (χ0) is 6.85. The van der Waals surface area contributed by atoms with Crippen LogP contribution < -0.4 is 0 Å². The van der Waals surface area contributed by atoms with Crippen LogP contribution in [0.3, 0.4) is 0 Å². The van der Waals surface area contributed by atoms with Gasteiger partial charge < -0.3 is 5.01 Å². The molecular formula is C7H14N2. The molecule has 9 heavy (non-hydrogen) atoms. The first-order chi connectivity index (χ1) is 4.20. The Labute approximate surface area is 56.5 Å². The van der Waals surface area contributed by atoms with Crippen LogP contribution in [0.25, 0.3) is 0 Å². The van der Waals surface area contributed by atoms with Crippen molar-refractivity contribution in [2.45, 2.75) is 19.8 Å². The largest absolute Gasteiger partial charge is 0.303 e. The van der Waals surface area contributed by atoms with Gasteiger partial charge in [-0.2, -0.15) is 5.10 Å². The quantitative estimate of drug-likeness (QED) is 0.402. The van der Waals surface area contributed by atoms with Crippen molar-refractivity contribution in [2.75, 3.05) is 14.1 Å². The first-order valence-corrected chi connectivity index (χ1v) is 3.42. The maximum atomic E-state index is 4.29. The summed E-state index contributed by atoms with van der Waals surface area (Å²) in [5, 5.41) is 6.16. The van der Waals surface area contributed by atoms with Crippen LogP contribution in [0.4, 0.5) is 0 Å². The second kappa shape index (κ2) is 2.38. The molecule has 0 bridgehead atoms. The predicted molar refractivity (Wildman–Crippen MR) is 39.5 cm³/mol. The number of hydrazone groups is 1. The van der Waals surface area contributed by atoms with E-state index in [9.17, 15) is 0 Å². The van der Waals surface area contributed by atoms with Gasteiger partial charge in [-0.1, -0.05) is 0 Å². The van der Waals surface area contributed by atoms with E-state index < -0.39 is 0 Å². The molecule has 1 aliphatic carbocycles. The highest BCUT2D eigenvalue weighted by molar-refractivity contribution is 5.86. The van der Waals surface area contributed by atoms with E-state index >= 15 is 0 Å². The third-order valence-corrected chi connectivity index (χ3v) is 1.53. The topological polar surface area (TPSA) is 15.6 Å². The maximum absolute atomic E-state index is 4.29. The van der Waals surface area contributed by atoms with Crippen molar-refractivity contribution in [1.82, 2.24) is 5.01 Å². The molecule has 0 aromatic heterocycles. The van der Waals surface area contributed by atoms with Gasteiger partial charge in [0.1, 0.15) is 0 Å². The van der Waals surface area contributed by atoms with Crippen molar-refractivity contribution < 1.29 is 0 Å². The third-order valence-electron chi connectivity index (χ3n) is 1.53. The van der Waals surface area contributed by atoms with Gasteiger partial charge in [-0.25, -0.2) is 0 Å². The van der Waals surface area contributed by atoms with Crippen molar-refractivity contribution in [2.24, 2.45) is 11.0 Å². The Kier molecular flexibility index (Phi) is 1.74. The molecule has 2 nitrogen and oxygen atoms in total. The smallest absolute Gasteiger partial charge is 0.0380 e. The van der Waals surface area contributed by atoms with Gasteiger partial charge in [-0.15, -0.1) is 0 Å². The fraction of sp³-hybridized carbons (Fsp3) is 0.857. The first-order valence-electron chi connectivity index (χ1n) is 3.42. The van der Waals surface area contributed by atoms with Crippen LogP contribution in [0.5, 0.6) is 0 Å². The molecule has 0 N–H and O–H groups in total. The molecule has 1 aliphatic rings. The summed E-state index contributed by atoms with van der Waals surface area (Å²) >= 11 is 0. The molecular weight excluding hydrogens is 112 g/mol. The molecule has 0 aromatic rings. The summed E-state index contributed by atoms with van der Waals surface area (Å²) in [5.41, 5.74) is 1.29. The standard InChI is InChI=1S/C7H14N2/c1-6(7-4-5-7)8-9(2)3/h7H,4-5H2,1-3H3/b8-6-. The molecule has 0 amide bonds. The lowest BCUT2D eigenvalue weighted by Crippen LogP contribution is -2.07. The summed E-state index contributed by atoms with van der Waals surface area (Å²) < 4.78 is 0. The lowest BCUT2D eigenvalue weighted by atomic mass is 10.3. The maximum Gasteiger partial charge on any atom is 0.0380 e. The lowest BCUT2D eigenvalue weighted by Gasteiger charge is -2.05. The molecule has 1 fully saturated rings. The average Bonchev–Trinajstić information content (AvgIpc) is 2.40. The van der Waals surface area contributed by atoms with Gasteiger partial charge in [0.25, 0.3) is 0 Å². The summed E-state index contributed by atoms with van der Waals surface area (Å²) in [6.45, 7) is 2.11. The molecule has 0 heterocycles. The zero-order valence-electron chi connectivity index (χ0n) is 6.39. The molecule has 0 spiro atoms. The van der Waals surface area contributed by atoms with Gasteiger partial charge in [0.05, 0.1) is 0 Å². The number of rotatable bonds is 2. The number of hydrogen-bond donors (Lipinski definition) is 0. The molecule has 0 saturated heterocycles. The third kappa shape index (κ3) is 2.04. The van der Waals surface area contributed by atoms with Crippen molar-refractivity contribution in [1.29, 1.82) is 0 Å². The van der Waals surface area contributed by atoms with Crippen molar-refractivity contribution in [3.8, 4) is 0 Å². The SMILES string of the molecule is C/C(=N/N(C)C)C1CC1. The second-order valence-corrected chi connectivity index (χ2v) is 2.86. The van der Waals surface area contributed by atoms with E-state index in [1.54, 1.807) is 0 Å². The molecule has 0 unspecified atom stereocenters. The van der Waals surface area contributed by atoms with E-state index in [2.05, 4.69) is 12.0 Å². The second-order valence-electron chi connectivity index (χ2n) is 2.86. The summed E-state index contributed by atoms with van der Waals surface area (Å²) in [6.07, 6.45) is 2.70. The van der Waals surface area contributed by atoms with Gasteiger partial charge in [-0.3, -0.25) is 0 Å². The Morgan fingerprint density at radius 1 is 1.44 bits per heavy atom. The Morgan fingerprint density at radius 3 is 2.33 bits per heavy atom. The lowest BCUT2D eigenvalue weighted by molar-refractivity contribution is 0.435. The van der Waals surface area contributed by atoms with E-state index in [1.807, 2.05) is 19.1 Å². The van der Waals surface area contributed by atoms with Gasteiger partial charge >= 0.3 is 0 Å². The van der Waals surface area contributed by atoms with Gasteiger partial charge in [0.2, 0.25) is 0 Å². The molecule has 1 saturated carbocycles. The van der Waals surface area contributed by atoms with E-state index in [0.29, 0.717) is 0 Å². The van der Waals surface area contributed by atoms with Crippen LogP contribution in [0, 0.1) is 5.92 Å². The monoisotopic (exact) mass is 126 g/mol. The average molecular weight is 126 g/mol. The summed E-state index contributed by atoms with van der Waals surface area (Å²) in [5.74, 6) is 0.812. The molecule has 0 atom stereocenters. The molecule has 0 radical (unpaired) electrons. The molecule has 52 valence electrons. The number of hydrogen-bond acceptors (Lipinski definition) is 2. The Hall–Kier alpha value is -0.530. The number of nitrogens with zero attached hydrogens (tertiary/aromatic N) is 2. The summed E-state index contributed by atoms with van der Waals surface area (Å²) in [4.78, 5) is 0.